The van der Waals surface area contributed by atoms with Gasteiger partial charge in [-0.3, -0.25) is 14.6 Å². The lowest BCUT2D eigenvalue weighted by molar-refractivity contribution is -0.154. The van der Waals surface area contributed by atoms with E-state index >= 15 is 0 Å². The number of aryl methyl sites for hydroxylation is 1. The van der Waals surface area contributed by atoms with Crippen LogP contribution in [0.2, 0.25) is 0 Å². The molecule has 0 aliphatic rings. The number of halogens is 3. The van der Waals surface area contributed by atoms with Gasteiger partial charge in [0.05, 0.1) is 13.2 Å². The molecule has 0 saturated heterocycles. The Kier molecular flexibility index (Phi) is 8.18. The molecule has 0 spiro atoms. The number of carbonyl (C=O) groups is 2. The molecule has 0 aliphatic heterocycles. The SMILES string of the molecule is COc1nc(OCC(F)(F)F)ccc1C(=O)NC(C)c1cc(C)nc(CC(=O)C(C)C)c1. The lowest BCUT2D eigenvalue weighted by atomic mass is 10.0. The third kappa shape index (κ3) is 7.21. The van der Waals surface area contributed by atoms with Crippen molar-refractivity contribution in [3.8, 4) is 11.8 Å². The highest BCUT2D eigenvalue weighted by atomic mass is 19.4. The first kappa shape index (κ1) is 25.1. The molecule has 10 heteroatoms. The number of hydrogen-bond acceptors (Lipinski definition) is 6. The molecule has 0 saturated carbocycles. The summed E-state index contributed by atoms with van der Waals surface area (Å²) in [6, 6.07) is 5.58. The molecule has 2 rings (SSSR count). The topological polar surface area (TPSA) is 90.4 Å². The number of amides is 1. The molecular weight excluding hydrogens is 427 g/mol. The summed E-state index contributed by atoms with van der Waals surface area (Å²) in [4.78, 5) is 33.0. The Bertz CT molecular complexity index is 977. The van der Waals surface area contributed by atoms with Crippen molar-refractivity contribution in [1.82, 2.24) is 15.3 Å². The fourth-order valence-electron chi connectivity index (χ4n) is 2.84. The summed E-state index contributed by atoms with van der Waals surface area (Å²) in [7, 11) is 1.25. The maximum absolute atomic E-state index is 12.8. The minimum Gasteiger partial charge on any atom is -0.480 e. The molecule has 0 fully saturated rings. The van der Waals surface area contributed by atoms with E-state index in [4.69, 9.17) is 4.74 Å². The van der Waals surface area contributed by atoms with Crippen molar-refractivity contribution >= 4 is 11.7 Å². The Hall–Kier alpha value is -3.17. The van der Waals surface area contributed by atoms with Gasteiger partial charge in [-0.25, -0.2) is 0 Å². The van der Waals surface area contributed by atoms with Crippen molar-refractivity contribution in [3.63, 3.8) is 0 Å². The van der Waals surface area contributed by atoms with Crippen LogP contribution in [-0.2, 0) is 11.2 Å². The number of pyridine rings is 2. The second-order valence-electron chi connectivity index (χ2n) is 7.64. The second kappa shape index (κ2) is 10.4. The average Bonchev–Trinajstić information content (AvgIpc) is 2.70. The van der Waals surface area contributed by atoms with Crippen molar-refractivity contribution < 1.29 is 32.2 Å². The predicted octanol–water partition coefficient (Wildman–Crippen LogP) is 3.99. The molecule has 32 heavy (non-hydrogen) atoms. The van der Waals surface area contributed by atoms with Gasteiger partial charge in [0.25, 0.3) is 5.91 Å². The van der Waals surface area contributed by atoms with Crippen LogP contribution in [0.15, 0.2) is 24.3 Å². The van der Waals surface area contributed by atoms with Crippen molar-refractivity contribution in [1.29, 1.82) is 0 Å². The number of nitrogens with one attached hydrogen (secondary N) is 1. The summed E-state index contributed by atoms with van der Waals surface area (Å²) in [6.45, 7) is 5.70. The first-order valence-corrected chi connectivity index (χ1v) is 9.95. The fraction of sp³-hybridized carbons (Fsp3) is 0.455. The number of hydrogen-bond donors (Lipinski definition) is 1. The first-order valence-electron chi connectivity index (χ1n) is 9.95. The Labute approximate surface area is 184 Å². The number of carbonyl (C=O) groups excluding carboxylic acids is 2. The van der Waals surface area contributed by atoms with Gasteiger partial charge in [0.2, 0.25) is 11.8 Å². The number of aromatic nitrogens is 2. The largest absolute Gasteiger partial charge is 0.480 e. The Morgan fingerprint density at radius 3 is 2.41 bits per heavy atom. The average molecular weight is 453 g/mol. The van der Waals surface area contributed by atoms with Crippen molar-refractivity contribution in [3.05, 3.63) is 46.8 Å². The van der Waals surface area contributed by atoms with Gasteiger partial charge in [0.1, 0.15) is 11.3 Å². The zero-order valence-electron chi connectivity index (χ0n) is 18.5. The van der Waals surface area contributed by atoms with Gasteiger partial charge in [0, 0.05) is 29.8 Å². The highest BCUT2D eigenvalue weighted by Crippen LogP contribution is 2.24. The monoisotopic (exact) mass is 453 g/mol. The zero-order valence-corrected chi connectivity index (χ0v) is 18.5. The minimum absolute atomic E-state index is 0.0414. The number of ketones is 1. The maximum Gasteiger partial charge on any atom is 0.422 e. The third-order valence-corrected chi connectivity index (χ3v) is 4.53. The van der Waals surface area contributed by atoms with E-state index in [1.54, 1.807) is 26.0 Å². The summed E-state index contributed by atoms with van der Waals surface area (Å²) in [6.07, 6.45) is -4.31. The van der Waals surface area contributed by atoms with Crippen molar-refractivity contribution in [2.75, 3.05) is 13.7 Å². The van der Waals surface area contributed by atoms with Crippen LogP contribution in [0.4, 0.5) is 13.2 Å². The van der Waals surface area contributed by atoms with Crippen molar-refractivity contribution in [2.45, 2.75) is 46.3 Å². The number of nitrogens with zero attached hydrogens (tertiary/aromatic N) is 2. The van der Waals surface area contributed by atoms with Crippen LogP contribution < -0.4 is 14.8 Å². The molecule has 7 nitrogen and oxygen atoms in total. The molecular formula is C22H26F3N3O4. The Morgan fingerprint density at radius 1 is 1.12 bits per heavy atom. The van der Waals surface area contributed by atoms with E-state index in [0.29, 0.717) is 11.4 Å². The molecule has 2 aromatic heterocycles. The Morgan fingerprint density at radius 2 is 1.81 bits per heavy atom. The van der Waals surface area contributed by atoms with Gasteiger partial charge in [-0.15, -0.1) is 0 Å². The van der Waals surface area contributed by atoms with E-state index in [1.807, 2.05) is 13.8 Å². The molecule has 1 atom stereocenters. The van der Waals surface area contributed by atoms with Crippen molar-refractivity contribution in [2.24, 2.45) is 5.92 Å². The third-order valence-electron chi connectivity index (χ3n) is 4.53. The molecule has 2 heterocycles. The van der Waals surface area contributed by atoms with E-state index < -0.39 is 24.7 Å². The number of ether oxygens (including phenoxy) is 2. The molecule has 0 radical (unpaired) electrons. The number of rotatable bonds is 9. The predicted molar refractivity (Wildman–Crippen MR) is 111 cm³/mol. The molecule has 174 valence electrons. The van der Waals surface area contributed by atoms with E-state index in [0.717, 1.165) is 5.56 Å². The van der Waals surface area contributed by atoms with Gasteiger partial charge in [0.15, 0.2) is 6.61 Å². The van der Waals surface area contributed by atoms with Gasteiger partial charge in [-0.1, -0.05) is 13.8 Å². The number of Topliss-reactive ketones (excluding diaryl/α,β-unsaturated/α-hetero) is 1. The molecule has 1 amide bonds. The van der Waals surface area contributed by atoms with E-state index in [-0.39, 0.29) is 35.4 Å². The van der Waals surface area contributed by atoms with Crippen LogP contribution >= 0.6 is 0 Å². The summed E-state index contributed by atoms with van der Waals surface area (Å²) in [5.41, 5.74) is 2.12. The summed E-state index contributed by atoms with van der Waals surface area (Å²) in [5.74, 6) is -1.05. The lowest BCUT2D eigenvalue weighted by Gasteiger charge is -2.17. The highest BCUT2D eigenvalue weighted by molar-refractivity contribution is 5.96. The lowest BCUT2D eigenvalue weighted by Crippen LogP contribution is -2.27. The van der Waals surface area contributed by atoms with Crippen LogP contribution in [0, 0.1) is 12.8 Å². The molecule has 0 aliphatic carbocycles. The maximum atomic E-state index is 12.8. The minimum atomic E-state index is -4.51. The quantitative estimate of drug-likeness (QED) is 0.618. The van der Waals surface area contributed by atoms with Gasteiger partial charge >= 0.3 is 6.18 Å². The summed E-state index contributed by atoms with van der Waals surface area (Å²) >= 11 is 0. The van der Waals surface area contributed by atoms with Crippen LogP contribution in [0.5, 0.6) is 11.8 Å². The first-order chi connectivity index (χ1) is 14.9. The Balaban J connectivity index is 2.16. The number of methoxy groups -OCH3 is 1. The molecule has 2 aromatic rings. The van der Waals surface area contributed by atoms with E-state index in [2.05, 4.69) is 20.0 Å². The second-order valence-corrected chi connectivity index (χ2v) is 7.64. The van der Waals surface area contributed by atoms with Crippen LogP contribution in [-0.4, -0.2) is 41.6 Å². The van der Waals surface area contributed by atoms with Gasteiger partial charge in [-0.05, 0) is 37.6 Å². The fourth-order valence-corrected chi connectivity index (χ4v) is 2.84. The summed E-state index contributed by atoms with van der Waals surface area (Å²) in [5, 5.41) is 2.80. The smallest absolute Gasteiger partial charge is 0.422 e. The van der Waals surface area contributed by atoms with Gasteiger partial charge < -0.3 is 14.8 Å². The molecule has 1 N–H and O–H groups in total. The molecule has 0 aromatic carbocycles. The normalized spacial score (nSPS) is 12.4. The van der Waals surface area contributed by atoms with E-state index in [9.17, 15) is 22.8 Å². The van der Waals surface area contributed by atoms with E-state index in [1.165, 1.54) is 19.2 Å². The van der Waals surface area contributed by atoms with Gasteiger partial charge in [-0.2, -0.15) is 18.2 Å². The highest BCUT2D eigenvalue weighted by Gasteiger charge is 2.29. The van der Waals surface area contributed by atoms with Crippen LogP contribution in [0.1, 0.15) is 54.1 Å². The molecule has 1 unspecified atom stereocenters. The summed E-state index contributed by atoms with van der Waals surface area (Å²) < 4.78 is 46.6. The zero-order chi connectivity index (χ0) is 24.1. The van der Waals surface area contributed by atoms with Crippen LogP contribution in [0.25, 0.3) is 0 Å². The number of alkyl halides is 3. The molecule has 0 bridgehead atoms. The van der Waals surface area contributed by atoms with Crippen LogP contribution in [0.3, 0.4) is 0 Å². The standard InChI is InChI=1S/C22H26F3N3O4/c1-12(2)18(29)10-16-9-15(8-13(3)26-16)14(4)27-20(30)17-6-7-19(28-21(17)31-5)32-11-22(23,24)25/h6-9,12,14H,10-11H2,1-5H3,(H,27,30).